The fourth-order valence-corrected chi connectivity index (χ4v) is 3.44. The molecule has 0 radical (unpaired) electrons. The van der Waals surface area contributed by atoms with E-state index in [0.29, 0.717) is 22.5 Å². The lowest BCUT2D eigenvalue weighted by Gasteiger charge is -2.22. The lowest BCUT2D eigenvalue weighted by Crippen LogP contribution is -2.27. The number of ether oxygens (including phenoxy) is 2. The summed E-state index contributed by atoms with van der Waals surface area (Å²) >= 11 is 0. The summed E-state index contributed by atoms with van der Waals surface area (Å²) in [5.74, 6) is -0.790. The molecule has 32 heavy (non-hydrogen) atoms. The van der Waals surface area contributed by atoms with Crippen molar-refractivity contribution < 1.29 is 23.9 Å². The molecular formula is C24H29N3O5. The SMILES string of the molecule is COC(=O)c1ccc(N2CCCC2)c(NC(=O)c2ccc(NC(=O)OC(C)(C)C)cc2)c1. The minimum Gasteiger partial charge on any atom is -0.465 e. The number of benzene rings is 2. The first-order chi connectivity index (χ1) is 15.2. The Labute approximate surface area is 187 Å². The third kappa shape index (κ3) is 6.00. The van der Waals surface area contributed by atoms with E-state index in [1.807, 2.05) is 6.07 Å². The highest BCUT2D eigenvalue weighted by atomic mass is 16.6. The molecule has 0 aromatic heterocycles. The van der Waals surface area contributed by atoms with Crippen LogP contribution in [0.3, 0.4) is 0 Å². The molecule has 0 aliphatic carbocycles. The number of hydrogen-bond acceptors (Lipinski definition) is 6. The second-order valence-electron chi connectivity index (χ2n) is 8.58. The maximum absolute atomic E-state index is 12.9. The van der Waals surface area contributed by atoms with E-state index in [-0.39, 0.29) is 5.91 Å². The van der Waals surface area contributed by atoms with E-state index in [4.69, 9.17) is 9.47 Å². The number of methoxy groups -OCH3 is 1. The van der Waals surface area contributed by atoms with Gasteiger partial charge in [0, 0.05) is 24.3 Å². The smallest absolute Gasteiger partial charge is 0.412 e. The third-order valence-corrected chi connectivity index (χ3v) is 4.90. The molecule has 2 amide bonds. The van der Waals surface area contributed by atoms with Gasteiger partial charge in [-0.15, -0.1) is 0 Å². The van der Waals surface area contributed by atoms with Gasteiger partial charge in [-0.2, -0.15) is 0 Å². The van der Waals surface area contributed by atoms with E-state index >= 15 is 0 Å². The van der Waals surface area contributed by atoms with Gasteiger partial charge in [-0.25, -0.2) is 9.59 Å². The zero-order chi connectivity index (χ0) is 23.3. The molecule has 1 heterocycles. The zero-order valence-electron chi connectivity index (χ0n) is 18.9. The van der Waals surface area contributed by atoms with E-state index < -0.39 is 17.7 Å². The van der Waals surface area contributed by atoms with Gasteiger partial charge < -0.3 is 19.7 Å². The van der Waals surface area contributed by atoms with Gasteiger partial charge in [0.15, 0.2) is 0 Å². The predicted octanol–water partition coefficient (Wildman–Crippen LogP) is 4.67. The summed E-state index contributed by atoms with van der Waals surface area (Å²) in [6.45, 7) is 7.14. The van der Waals surface area contributed by atoms with Gasteiger partial charge in [0.25, 0.3) is 5.91 Å². The molecule has 1 saturated heterocycles. The lowest BCUT2D eigenvalue weighted by atomic mass is 10.1. The number of nitrogens with zero attached hydrogens (tertiary/aromatic N) is 1. The minimum atomic E-state index is -0.601. The molecule has 1 fully saturated rings. The van der Waals surface area contributed by atoms with Gasteiger partial charge in [-0.1, -0.05) is 0 Å². The molecule has 170 valence electrons. The molecule has 2 N–H and O–H groups in total. The summed E-state index contributed by atoms with van der Waals surface area (Å²) in [5, 5.41) is 5.55. The van der Waals surface area contributed by atoms with Crippen LogP contribution in [0, 0.1) is 0 Å². The Balaban J connectivity index is 1.75. The number of nitrogens with one attached hydrogen (secondary N) is 2. The summed E-state index contributed by atoms with van der Waals surface area (Å²) in [7, 11) is 1.32. The first-order valence-electron chi connectivity index (χ1n) is 10.5. The molecular weight excluding hydrogens is 410 g/mol. The van der Waals surface area contributed by atoms with Crippen molar-refractivity contribution in [3.8, 4) is 0 Å². The van der Waals surface area contributed by atoms with Gasteiger partial charge in [-0.05, 0) is 76.1 Å². The Bertz CT molecular complexity index is 990. The second kappa shape index (κ2) is 9.72. The van der Waals surface area contributed by atoms with Gasteiger partial charge in [0.05, 0.1) is 24.0 Å². The summed E-state index contributed by atoms with van der Waals surface area (Å²) in [6.07, 6.45) is 1.60. The molecule has 0 atom stereocenters. The Morgan fingerprint density at radius 2 is 1.53 bits per heavy atom. The van der Waals surface area contributed by atoms with Crippen LogP contribution in [-0.2, 0) is 9.47 Å². The molecule has 1 aliphatic rings. The van der Waals surface area contributed by atoms with E-state index in [1.165, 1.54) is 7.11 Å². The van der Waals surface area contributed by atoms with Gasteiger partial charge in [0.1, 0.15) is 5.60 Å². The molecule has 0 saturated carbocycles. The van der Waals surface area contributed by atoms with Crippen LogP contribution in [0.15, 0.2) is 42.5 Å². The highest BCUT2D eigenvalue weighted by molar-refractivity contribution is 6.07. The van der Waals surface area contributed by atoms with Gasteiger partial charge >= 0.3 is 12.1 Å². The maximum Gasteiger partial charge on any atom is 0.412 e. The molecule has 2 aromatic rings. The van der Waals surface area contributed by atoms with Crippen LogP contribution in [0.25, 0.3) is 0 Å². The second-order valence-corrected chi connectivity index (χ2v) is 8.58. The van der Waals surface area contributed by atoms with Crippen LogP contribution in [0.2, 0.25) is 0 Å². The Kier molecular flexibility index (Phi) is 7.02. The topological polar surface area (TPSA) is 97.0 Å². The predicted molar refractivity (Wildman–Crippen MR) is 123 cm³/mol. The molecule has 1 aliphatic heterocycles. The van der Waals surface area contributed by atoms with Crippen LogP contribution in [0.5, 0.6) is 0 Å². The van der Waals surface area contributed by atoms with Crippen molar-refractivity contribution in [1.82, 2.24) is 0 Å². The molecule has 8 nitrogen and oxygen atoms in total. The van der Waals surface area contributed by atoms with Crippen molar-refractivity contribution in [3.63, 3.8) is 0 Å². The number of hydrogen-bond donors (Lipinski definition) is 2. The number of amides is 2. The summed E-state index contributed by atoms with van der Waals surface area (Å²) < 4.78 is 10.0. The quantitative estimate of drug-likeness (QED) is 0.657. The van der Waals surface area contributed by atoms with Crippen molar-refractivity contribution in [2.24, 2.45) is 0 Å². The number of carbonyl (C=O) groups excluding carboxylic acids is 3. The largest absolute Gasteiger partial charge is 0.465 e. The third-order valence-electron chi connectivity index (χ3n) is 4.90. The monoisotopic (exact) mass is 439 g/mol. The molecule has 0 spiro atoms. The average Bonchev–Trinajstić information content (AvgIpc) is 3.26. The number of anilines is 3. The van der Waals surface area contributed by atoms with Crippen LogP contribution in [0.1, 0.15) is 54.3 Å². The van der Waals surface area contributed by atoms with E-state index in [9.17, 15) is 14.4 Å². The highest BCUT2D eigenvalue weighted by Gasteiger charge is 2.20. The van der Waals surface area contributed by atoms with Crippen molar-refractivity contribution in [2.75, 3.05) is 35.7 Å². The van der Waals surface area contributed by atoms with Crippen molar-refractivity contribution in [1.29, 1.82) is 0 Å². The molecule has 8 heteroatoms. The van der Waals surface area contributed by atoms with Crippen LogP contribution < -0.4 is 15.5 Å². The Morgan fingerprint density at radius 3 is 2.12 bits per heavy atom. The van der Waals surface area contributed by atoms with Crippen LogP contribution in [0.4, 0.5) is 21.9 Å². The van der Waals surface area contributed by atoms with Crippen molar-refractivity contribution in [2.45, 2.75) is 39.2 Å². The first-order valence-corrected chi connectivity index (χ1v) is 10.5. The number of carbonyl (C=O) groups is 3. The van der Waals surface area contributed by atoms with Crippen LogP contribution in [-0.4, -0.2) is 43.8 Å². The van der Waals surface area contributed by atoms with Crippen molar-refractivity contribution in [3.05, 3.63) is 53.6 Å². The van der Waals surface area contributed by atoms with Crippen molar-refractivity contribution >= 4 is 35.0 Å². The Hall–Kier alpha value is -3.55. The first kappa shape index (κ1) is 23.1. The number of esters is 1. The fourth-order valence-electron chi connectivity index (χ4n) is 3.44. The minimum absolute atomic E-state index is 0.323. The summed E-state index contributed by atoms with van der Waals surface area (Å²) in [6, 6.07) is 11.7. The maximum atomic E-state index is 12.9. The normalized spacial score (nSPS) is 13.4. The van der Waals surface area contributed by atoms with Crippen LogP contribution >= 0.6 is 0 Å². The fraction of sp³-hybridized carbons (Fsp3) is 0.375. The highest BCUT2D eigenvalue weighted by Crippen LogP contribution is 2.31. The van der Waals surface area contributed by atoms with E-state index in [0.717, 1.165) is 31.6 Å². The standard InChI is InChI=1S/C24H29N3O5/c1-24(2,3)32-23(30)25-18-10-7-16(8-11-18)21(28)26-19-15-17(22(29)31-4)9-12-20(19)27-13-5-6-14-27/h7-12,15H,5-6,13-14H2,1-4H3,(H,25,30)(H,26,28). The average molecular weight is 440 g/mol. The molecule has 0 unspecified atom stereocenters. The van der Waals surface area contributed by atoms with E-state index in [1.54, 1.807) is 57.2 Å². The van der Waals surface area contributed by atoms with E-state index in [2.05, 4.69) is 15.5 Å². The zero-order valence-corrected chi connectivity index (χ0v) is 18.9. The lowest BCUT2D eigenvalue weighted by molar-refractivity contribution is 0.0598. The Morgan fingerprint density at radius 1 is 0.906 bits per heavy atom. The summed E-state index contributed by atoms with van der Waals surface area (Å²) in [5.41, 5.74) is 2.11. The number of rotatable bonds is 5. The van der Waals surface area contributed by atoms with Gasteiger partial charge in [-0.3, -0.25) is 10.1 Å². The molecule has 0 bridgehead atoms. The molecule has 3 rings (SSSR count). The molecule has 2 aromatic carbocycles. The summed E-state index contributed by atoms with van der Waals surface area (Å²) in [4.78, 5) is 39.0. The van der Waals surface area contributed by atoms with Gasteiger partial charge in [0.2, 0.25) is 0 Å².